The Labute approximate surface area is 147 Å². The number of aliphatic hydroxyl groups is 1. The number of carbonyl (C=O) groups excluding carboxylic acids is 1. The molecule has 0 aliphatic rings. The first-order valence-corrected chi connectivity index (χ1v) is 8.44. The zero-order valence-electron chi connectivity index (χ0n) is 14.5. The van der Waals surface area contributed by atoms with E-state index in [-0.39, 0.29) is 12.5 Å². The molecule has 3 N–H and O–H groups in total. The molecular formula is C20H23N3O2. The van der Waals surface area contributed by atoms with Crippen LogP contribution in [0, 0.1) is 6.92 Å². The van der Waals surface area contributed by atoms with Gasteiger partial charge in [0.15, 0.2) is 0 Å². The maximum Gasteiger partial charge on any atom is 0.220 e. The summed E-state index contributed by atoms with van der Waals surface area (Å²) in [5.41, 5.74) is 2.74. The molecule has 130 valence electrons. The van der Waals surface area contributed by atoms with E-state index in [9.17, 15) is 9.90 Å². The quantitative estimate of drug-likeness (QED) is 0.647. The van der Waals surface area contributed by atoms with E-state index in [1.54, 1.807) is 6.92 Å². The van der Waals surface area contributed by atoms with Gasteiger partial charge >= 0.3 is 0 Å². The van der Waals surface area contributed by atoms with Crippen LogP contribution in [0.4, 0.5) is 0 Å². The number of amides is 1. The fourth-order valence-corrected chi connectivity index (χ4v) is 2.84. The third-order valence-corrected chi connectivity index (χ3v) is 4.38. The Morgan fingerprint density at radius 2 is 1.96 bits per heavy atom. The largest absolute Gasteiger partial charge is 0.384 e. The van der Waals surface area contributed by atoms with E-state index < -0.39 is 5.60 Å². The van der Waals surface area contributed by atoms with Crippen LogP contribution in [0.1, 0.15) is 30.3 Å². The van der Waals surface area contributed by atoms with E-state index in [4.69, 9.17) is 0 Å². The third kappa shape index (κ3) is 4.06. The highest BCUT2D eigenvalue weighted by atomic mass is 16.3. The van der Waals surface area contributed by atoms with Crippen molar-refractivity contribution in [2.24, 2.45) is 0 Å². The third-order valence-electron chi connectivity index (χ3n) is 4.38. The molecule has 0 fully saturated rings. The first-order chi connectivity index (χ1) is 12.0. The number of hydrogen-bond donors (Lipinski definition) is 3. The highest BCUT2D eigenvalue weighted by Gasteiger charge is 2.23. The van der Waals surface area contributed by atoms with E-state index in [1.807, 2.05) is 55.5 Å². The van der Waals surface area contributed by atoms with Crippen LogP contribution in [0.5, 0.6) is 0 Å². The minimum Gasteiger partial charge on any atom is -0.384 e. The number of aromatic amines is 1. The van der Waals surface area contributed by atoms with Gasteiger partial charge in [-0.2, -0.15) is 0 Å². The van der Waals surface area contributed by atoms with Crippen molar-refractivity contribution in [3.05, 3.63) is 65.5 Å². The molecule has 0 spiro atoms. The highest BCUT2D eigenvalue weighted by Crippen LogP contribution is 2.19. The number of nitrogens with one attached hydrogen (secondary N) is 2. The summed E-state index contributed by atoms with van der Waals surface area (Å²) in [5, 5.41) is 13.3. The van der Waals surface area contributed by atoms with Gasteiger partial charge in [0.25, 0.3) is 0 Å². The van der Waals surface area contributed by atoms with Crippen molar-refractivity contribution < 1.29 is 9.90 Å². The van der Waals surface area contributed by atoms with Gasteiger partial charge in [-0.25, -0.2) is 4.98 Å². The SMILES string of the molecule is Cc1cccc2[nH]c(CCC(=O)NCC(C)(O)c3ccccc3)nc12. The Hall–Kier alpha value is -2.66. The van der Waals surface area contributed by atoms with E-state index in [1.165, 1.54) is 0 Å². The number of aryl methyl sites for hydroxylation is 2. The van der Waals surface area contributed by atoms with Gasteiger partial charge < -0.3 is 15.4 Å². The molecule has 1 atom stereocenters. The number of rotatable bonds is 6. The fourth-order valence-electron chi connectivity index (χ4n) is 2.84. The number of aromatic nitrogens is 2. The van der Waals surface area contributed by atoms with Crippen LogP contribution in [0.25, 0.3) is 11.0 Å². The second-order valence-corrected chi connectivity index (χ2v) is 6.57. The van der Waals surface area contributed by atoms with Gasteiger partial charge in [0, 0.05) is 12.8 Å². The normalized spacial score (nSPS) is 13.6. The van der Waals surface area contributed by atoms with Crippen molar-refractivity contribution in [3.8, 4) is 0 Å². The lowest BCUT2D eigenvalue weighted by Gasteiger charge is -2.24. The lowest BCUT2D eigenvalue weighted by molar-refractivity contribution is -0.122. The topological polar surface area (TPSA) is 78.0 Å². The molecule has 5 heteroatoms. The molecule has 1 aromatic heterocycles. The van der Waals surface area contributed by atoms with Gasteiger partial charge in [-0.15, -0.1) is 0 Å². The zero-order valence-corrected chi connectivity index (χ0v) is 14.5. The lowest BCUT2D eigenvalue weighted by Crippen LogP contribution is -2.38. The predicted molar refractivity (Wildman–Crippen MR) is 98.2 cm³/mol. The first-order valence-electron chi connectivity index (χ1n) is 8.44. The average molecular weight is 337 g/mol. The van der Waals surface area contributed by atoms with E-state index in [2.05, 4.69) is 15.3 Å². The van der Waals surface area contributed by atoms with Crippen molar-refractivity contribution in [3.63, 3.8) is 0 Å². The maximum absolute atomic E-state index is 12.1. The molecule has 3 rings (SSSR count). The number of benzene rings is 2. The minimum absolute atomic E-state index is 0.103. The van der Waals surface area contributed by atoms with E-state index in [0.29, 0.717) is 12.8 Å². The molecule has 0 saturated carbocycles. The van der Waals surface area contributed by atoms with Gasteiger partial charge in [-0.1, -0.05) is 42.5 Å². The van der Waals surface area contributed by atoms with Gasteiger partial charge in [0.1, 0.15) is 11.4 Å². The molecule has 0 radical (unpaired) electrons. The van der Waals surface area contributed by atoms with Crippen molar-refractivity contribution >= 4 is 16.9 Å². The Balaban J connectivity index is 1.55. The summed E-state index contributed by atoms with van der Waals surface area (Å²) in [6, 6.07) is 15.3. The number of H-pyrrole nitrogens is 1. The molecular weight excluding hydrogens is 314 g/mol. The van der Waals surface area contributed by atoms with Crippen molar-refractivity contribution in [2.45, 2.75) is 32.3 Å². The lowest BCUT2D eigenvalue weighted by atomic mass is 9.96. The van der Waals surface area contributed by atoms with Crippen LogP contribution in [0.15, 0.2) is 48.5 Å². The molecule has 5 nitrogen and oxygen atoms in total. The zero-order chi connectivity index (χ0) is 17.9. The number of nitrogens with zero attached hydrogens (tertiary/aromatic N) is 1. The van der Waals surface area contributed by atoms with Crippen molar-refractivity contribution in [1.82, 2.24) is 15.3 Å². The number of imidazole rings is 1. The standard InChI is InChI=1S/C20H23N3O2/c1-14-7-6-10-16-19(14)23-17(22-16)11-12-18(24)21-13-20(2,25)15-8-4-3-5-9-15/h3-10,25H,11-13H2,1-2H3,(H,21,24)(H,22,23). The number of fused-ring (bicyclic) bond motifs is 1. The molecule has 3 aromatic rings. The maximum atomic E-state index is 12.1. The van der Waals surface area contributed by atoms with E-state index in [0.717, 1.165) is 28.0 Å². The molecule has 1 heterocycles. The molecule has 25 heavy (non-hydrogen) atoms. The molecule has 0 aliphatic carbocycles. The number of carbonyl (C=O) groups is 1. The smallest absolute Gasteiger partial charge is 0.220 e. The van der Waals surface area contributed by atoms with Crippen LogP contribution in [-0.4, -0.2) is 27.5 Å². The van der Waals surface area contributed by atoms with Crippen LogP contribution < -0.4 is 5.32 Å². The second-order valence-electron chi connectivity index (χ2n) is 6.57. The second kappa shape index (κ2) is 7.07. The summed E-state index contributed by atoms with van der Waals surface area (Å²) in [4.78, 5) is 19.9. The summed E-state index contributed by atoms with van der Waals surface area (Å²) >= 11 is 0. The van der Waals surface area contributed by atoms with Crippen LogP contribution in [-0.2, 0) is 16.8 Å². The van der Waals surface area contributed by atoms with Gasteiger partial charge in [0.2, 0.25) is 5.91 Å². The first kappa shape index (κ1) is 17.2. The summed E-state index contributed by atoms with van der Waals surface area (Å²) in [7, 11) is 0. The van der Waals surface area contributed by atoms with Gasteiger partial charge in [-0.05, 0) is 31.0 Å². The average Bonchev–Trinajstić information content (AvgIpc) is 3.04. The molecule has 2 aromatic carbocycles. The van der Waals surface area contributed by atoms with Crippen molar-refractivity contribution in [1.29, 1.82) is 0 Å². The Morgan fingerprint density at radius 1 is 1.20 bits per heavy atom. The van der Waals surface area contributed by atoms with Crippen LogP contribution in [0.2, 0.25) is 0 Å². The van der Waals surface area contributed by atoms with Crippen LogP contribution >= 0.6 is 0 Å². The molecule has 0 saturated heterocycles. The monoisotopic (exact) mass is 337 g/mol. The number of hydrogen-bond acceptors (Lipinski definition) is 3. The van der Waals surface area contributed by atoms with Gasteiger partial charge in [0.05, 0.1) is 17.6 Å². The number of para-hydroxylation sites is 1. The minimum atomic E-state index is -1.09. The van der Waals surface area contributed by atoms with Gasteiger partial charge in [-0.3, -0.25) is 4.79 Å². The molecule has 1 amide bonds. The van der Waals surface area contributed by atoms with Crippen molar-refractivity contribution in [2.75, 3.05) is 6.54 Å². The highest BCUT2D eigenvalue weighted by molar-refractivity contribution is 5.79. The van der Waals surface area contributed by atoms with Crippen LogP contribution in [0.3, 0.4) is 0 Å². The Bertz CT molecular complexity index is 869. The Morgan fingerprint density at radius 3 is 2.68 bits per heavy atom. The summed E-state index contributed by atoms with van der Waals surface area (Å²) in [6.07, 6.45) is 0.858. The summed E-state index contributed by atoms with van der Waals surface area (Å²) in [5.74, 6) is 0.697. The Kier molecular flexibility index (Phi) is 4.86. The molecule has 0 aliphatic heterocycles. The molecule has 0 bridgehead atoms. The predicted octanol–water partition coefficient (Wildman–Crippen LogP) is 2.83. The summed E-state index contributed by atoms with van der Waals surface area (Å²) in [6.45, 7) is 3.89. The van der Waals surface area contributed by atoms with E-state index >= 15 is 0 Å². The fraction of sp³-hybridized carbons (Fsp3) is 0.300. The molecule has 1 unspecified atom stereocenters. The summed E-state index contributed by atoms with van der Waals surface area (Å²) < 4.78 is 0.